The molecule has 0 N–H and O–H groups in total. The zero-order valence-corrected chi connectivity index (χ0v) is 18.3. The molecule has 0 bridgehead atoms. The average Bonchev–Trinajstić information content (AvgIpc) is 3.46. The highest BCUT2D eigenvalue weighted by Crippen LogP contribution is 2.31. The number of hydrogen-bond acceptors (Lipinski definition) is 8. The van der Waals surface area contributed by atoms with Crippen LogP contribution in [0.25, 0.3) is 28.5 Å². The van der Waals surface area contributed by atoms with Gasteiger partial charge in [-0.2, -0.15) is 0 Å². The molecule has 5 aromatic rings. The van der Waals surface area contributed by atoms with Gasteiger partial charge in [0.2, 0.25) is 11.8 Å². The standard InChI is InChI=1S/C23H19N7OS/c1-15-5-3-4-6-19(15)30-21(17-9-11-24-12-10-17)27-29-23(30)32-14-20-26-28-22(31-20)18-8-7-16(2)25-13-18/h3-13H,14H2,1-2H3. The van der Waals surface area contributed by atoms with Crippen LogP contribution in [0.15, 0.2) is 76.7 Å². The van der Waals surface area contributed by atoms with Gasteiger partial charge in [0, 0.05) is 29.8 Å². The summed E-state index contributed by atoms with van der Waals surface area (Å²) in [6.45, 7) is 4.00. The zero-order chi connectivity index (χ0) is 21.9. The Labute approximate surface area is 188 Å². The normalized spacial score (nSPS) is 11.1. The SMILES string of the molecule is Cc1ccc(-c2nnc(CSc3nnc(-c4ccncc4)n3-c3ccccc3C)o2)cn1. The van der Waals surface area contributed by atoms with Crippen molar-refractivity contribution in [2.75, 3.05) is 0 Å². The molecule has 0 radical (unpaired) electrons. The number of aromatic nitrogens is 7. The smallest absolute Gasteiger partial charge is 0.249 e. The van der Waals surface area contributed by atoms with Gasteiger partial charge in [-0.25, -0.2) is 0 Å². The third-order valence-electron chi connectivity index (χ3n) is 4.88. The number of rotatable bonds is 6. The Kier molecular flexibility index (Phi) is 5.47. The first-order valence-corrected chi connectivity index (χ1v) is 11.0. The lowest BCUT2D eigenvalue weighted by Crippen LogP contribution is -2.02. The zero-order valence-electron chi connectivity index (χ0n) is 17.5. The summed E-state index contributed by atoms with van der Waals surface area (Å²) >= 11 is 1.49. The lowest BCUT2D eigenvalue weighted by molar-refractivity contribution is 0.528. The molecule has 0 fully saturated rings. The molecular formula is C23H19N7OS. The fourth-order valence-electron chi connectivity index (χ4n) is 3.23. The lowest BCUT2D eigenvalue weighted by Gasteiger charge is -2.12. The molecule has 0 amide bonds. The van der Waals surface area contributed by atoms with Gasteiger partial charge >= 0.3 is 0 Å². The van der Waals surface area contributed by atoms with Crippen molar-refractivity contribution < 1.29 is 4.42 Å². The second kappa shape index (κ2) is 8.72. The number of benzene rings is 1. The fourth-order valence-corrected chi connectivity index (χ4v) is 4.01. The molecular weight excluding hydrogens is 422 g/mol. The van der Waals surface area contributed by atoms with Crippen LogP contribution in [0.4, 0.5) is 0 Å². The molecule has 0 saturated heterocycles. The number of hydrogen-bond donors (Lipinski definition) is 0. The second-order valence-electron chi connectivity index (χ2n) is 7.14. The molecule has 0 saturated carbocycles. The fraction of sp³-hybridized carbons (Fsp3) is 0.130. The van der Waals surface area contributed by atoms with Crippen molar-refractivity contribution in [3.63, 3.8) is 0 Å². The Bertz CT molecular complexity index is 1350. The molecule has 0 unspecified atom stereocenters. The van der Waals surface area contributed by atoms with Crippen molar-refractivity contribution in [3.8, 4) is 28.5 Å². The van der Waals surface area contributed by atoms with Crippen molar-refractivity contribution in [3.05, 3.63) is 84.3 Å². The minimum atomic E-state index is 0.450. The first-order chi connectivity index (χ1) is 15.7. The van der Waals surface area contributed by atoms with Gasteiger partial charge in [-0.15, -0.1) is 20.4 Å². The number of pyridine rings is 2. The largest absolute Gasteiger partial charge is 0.420 e. The second-order valence-corrected chi connectivity index (χ2v) is 8.08. The van der Waals surface area contributed by atoms with E-state index < -0.39 is 0 Å². The van der Waals surface area contributed by atoms with Crippen molar-refractivity contribution in [2.24, 2.45) is 0 Å². The number of thioether (sulfide) groups is 1. The highest BCUT2D eigenvalue weighted by molar-refractivity contribution is 7.98. The molecule has 1 aromatic carbocycles. The summed E-state index contributed by atoms with van der Waals surface area (Å²) in [5.41, 5.74) is 4.81. The maximum atomic E-state index is 5.84. The van der Waals surface area contributed by atoms with E-state index in [0.717, 1.165) is 39.1 Å². The molecule has 5 rings (SSSR count). The molecule has 4 heterocycles. The Morgan fingerprint density at radius 3 is 2.50 bits per heavy atom. The predicted octanol–water partition coefficient (Wildman–Crippen LogP) is 4.68. The van der Waals surface area contributed by atoms with Crippen molar-refractivity contribution in [1.82, 2.24) is 34.9 Å². The van der Waals surface area contributed by atoms with E-state index in [-0.39, 0.29) is 0 Å². The van der Waals surface area contributed by atoms with Crippen LogP contribution in [0.3, 0.4) is 0 Å². The highest BCUT2D eigenvalue weighted by Gasteiger charge is 2.19. The minimum Gasteiger partial charge on any atom is -0.420 e. The van der Waals surface area contributed by atoms with Crippen LogP contribution >= 0.6 is 11.8 Å². The Hall–Kier alpha value is -3.85. The lowest BCUT2D eigenvalue weighted by atomic mass is 10.2. The molecule has 9 heteroatoms. The van der Waals surface area contributed by atoms with Crippen molar-refractivity contribution >= 4 is 11.8 Å². The molecule has 0 spiro atoms. The Morgan fingerprint density at radius 2 is 1.72 bits per heavy atom. The molecule has 32 heavy (non-hydrogen) atoms. The maximum Gasteiger partial charge on any atom is 0.249 e. The van der Waals surface area contributed by atoms with Gasteiger partial charge in [0.05, 0.1) is 17.0 Å². The van der Waals surface area contributed by atoms with Crippen LogP contribution in [0.1, 0.15) is 17.1 Å². The topological polar surface area (TPSA) is 95.4 Å². The summed E-state index contributed by atoms with van der Waals surface area (Å²) in [4.78, 5) is 8.40. The van der Waals surface area contributed by atoms with Gasteiger partial charge in [0.1, 0.15) is 0 Å². The van der Waals surface area contributed by atoms with Gasteiger partial charge in [-0.3, -0.25) is 14.5 Å². The third-order valence-corrected chi connectivity index (χ3v) is 5.79. The molecule has 0 aliphatic heterocycles. The van der Waals surface area contributed by atoms with Crippen LogP contribution in [-0.4, -0.2) is 34.9 Å². The highest BCUT2D eigenvalue weighted by atomic mass is 32.2. The van der Waals surface area contributed by atoms with E-state index in [4.69, 9.17) is 4.42 Å². The Balaban J connectivity index is 1.45. The van der Waals surface area contributed by atoms with E-state index in [1.54, 1.807) is 18.6 Å². The van der Waals surface area contributed by atoms with E-state index in [0.29, 0.717) is 17.5 Å². The minimum absolute atomic E-state index is 0.450. The summed E-state index contributed by atoms with van der Waals surface area (Å²) in [7, 11) is 0. The molecule has 8 nitrogen and oxygen atoms in total. The van der Waals surface area contributed by atoms with Crippen molar-refractivity contribution in [1.29, 1.82) is 0 Å². The first kappa shape index (κ1) is 20.1. The van der Waals surface area contributed by atoms with Gasteiger partial charge in [0.15, 0.2) is 11.0 Å². The van der Waals surface area contributed by atoms with Crippen LogP contribution in [-0.2, 0) is 5.75 Å². The molecule has 0 aliphatic carbocycles. The summed E-state index contributed by atoms with van der Waals surface area (Å²) in [6, 6.07) is 15.8. The Morgan fingerprint density at radius 1 is 0.875 bits per heavy atom. The van der Waals surface area contributed by atoms with Gasteiger partial charge in [-0.05, 0) is 49.7 Å². The number of para-hydroxylation sites is 1. The number of nitrogens with zero attached hydrogens (tertiary/aromatic N) is 7. The van der Waals surface area contributed by atoms with E-state index in [2.05, 4.69) is 54.0 Å². The van der Waals surface area contributed by atoms with Gasteiger partial charge in [-0.1, -0.05) is 30.0 Å². The van der Waals surface area contributed by atoms with E-state index in [1.165, 1.54) is 11.8 Å². The van der Waals surface area contributed by atoms with Crippen LogP contribution in [0.5, 0.6) is 0 Å². The van der Waals surface area contributed by atoms with Crippen LogP contribution in [0.2, 0.25) is 0 Å². The monoisotopic (exact) mass is 441 g/mol. The summed E-state index contributed by atoms with van der Waals surface area (Å²) in [5, 5.41) is 18.0. The quantitative estimate of drug-likeness (QED) is 0.350. The molecule has 158 valence electrons. The van der Waals surface area contributed by atoms with Gasteiger partial charge < -0.3 is 4.42 Å². The van der Waals surface area contributed by atoms with Crippen molar-refractivity contribution in [2.45, 2.75) is 24.8 Å². The van der Waals surface area contributed by atoms with E-state index >= 15 is 0 Å². The molecule has 0 atom stereocenters. The predicted molar refractivity (Wildman–Crippen MR) is 121 cm³/mol. The maximum absolute atomic E-state index is 5.84. The van der Waals surface area contributed by atoms with Crippen LogP contribution < -0.4 is 0 Å². The van der Waals surface area contributed by atoms with E-state index in [9.17, 15) is 0 Å². The van der Waals surface area contributed by atoms with E-state index in [1.807, 2.05) is 43.3 Å². The molecule has 4 aromatic heterocycles. The van der Waals surface area contributed by atoms with Crippen LogP contribution in [0, 0.1) is 13.8 Å². The first-order valence-electron chi connectivity index (χ1n) is 9.99. The molecule has 0 aliphatic rings. The third kappa shape index (κ3) is 4.02. The summed E-state index contributed by atoms with van der Waals surface area (Å²) in [6.07, 6.45) is 5.23. The summed E-state index contributed by atoms with van der Waals surface area (Å²) < 4.78 is 7.90. The average molecular weight is 442 g/mol. The van der Waals surface area contributed by atoms with Gasteiger partial charge in [0.25, 0.3) is 0 Å². The number of aryl methyl sites for hydroxylation is 2. The summed E-state index contributed by atoms with van der Waals surface area (Å²) in [5.74, 6) is 2.18.